The highest BCUT2D eigenvalue weighted by atomic mass is 19.1. The highest BCUT2D eigenvalue weighted by Crippen LogP contribution is 2.20. The lowest BCUT2D eigenvalue weighted by Gasteiger charge is -2.06. The third-order valence-corrected chi connectivity index (χ3v) is 3.27. The van der Waals surface area contributed by atoms with Crippen molar-refractivity contribution < 1.29 is 13.7 Å². The van der Waals surface area contributed by atoms with Crippen molar-refractivity contribution in [3.63, 3.8) is 0 Å². The van der Waals surface area contributed by atoms with Gasteiger partial charge in [0, 0.05) is 24.2 Å². The van der Waals surface area contributed by atoms with E-state index in [4.69, 9.17) is 9.26 Å². The van der Waals surface area contributed by atoms with Crippen LogP contribution in [0.1, 0.15) is 17.3 Å². The van der Waals surface area contributed by atoms with Crippen LogP contribution in [0.5, 0.6) is 5.75 Å². The first-order valence-electron chi connectivity index (χ1n) is 7.17. The van der Waals surface area contributed by atoms with Gasteiger partial charge < -0.3 is 14.6 Å². The van der Waals surface area contributed by atoms with Gasteiger partial charge in [0.15, 0.2) is 5.82 Å². The molecule has 2 aromatic carbocycles. The van der Waals surface area contributed by atoms with Gasteiger partial charge in [0.25, 0.3) is 0 Å². The summed E-state index contributed by atoms with van der Waals surface area (Å²) in [5, 5.41) is 6.99. The van der Waals surface area contributed by atoms with Crippen molar-refractivity contribution in [1.82, 2.24) is 10.1 Å². The summed E-state index contributed by atoms with van der Waals surface area (Å²) in [5.74, 6) is 1.13. The first-order valence-corrected chi connectivity index (χ1v) is 7.17. The molecular formula is C17H16FN3O2. The van der Waals surface area contributed by atoms with Crippen LogP contribution in [0.2, 0.25) is 0 Å². The number of hydrogen-bond acceptors (Lipinski definition) is 5. The molecule has 118 valence electrons. The largest absolute Gasteiger partial charge is 0.497 e. The van der Waals surface area contributed by atoms with Crippen LogP contribution in [0.4, 0.5) is 10.1 Å². The number of hydrogen-bond donors (Lipinski definition) is 1. The molecule has 1 N–H and O–H groups in total. The molecule has 0 saturated heterocycles. The van der Waals surface area contributed by atoms with Crippen LogP contribution in [0.15, 0.2) is 53.1 Å². The minimum atomic E-state index is -0.373. The average molecular weight is 313 g/mol. The van der Waals surface area contributed by atoms with Crippen molar-refractivity contribution in [2.24, 2.45) is 0 Å². The maximum Gasteiger partial charge on any atom is 0.245 e. The van der Waals surface area contributed by atoms with Gasteiger partial charge in [-0.05, 0) is 11.6 Å². The average Bonchev–Trinajstić information content (AvgIpc) is 3.01. The standard InChI is InChI=1S/C17H16FN3O2/c1-22-15-9-13(18)8-14(10-15)19-11-17-20-16(21-23-17)7-12-5-3-2-4-6-12/h2-6,8-10,19H,7,11H2,1H3. The second kappa shape index (κ2) is 6.91. The van der Waals surface area contributed by atoms with Crippen molar-refractivity contribution >= 4 is 5.69 Å². The van der Waals surface area contributed by atoms with Crippen LogP contribution in [0.3, 0.4) is 0 Å². The Bertz CT molecular complexity index is 775. The summed E-state index contributed by atoms with van der Waals surface area (Å²) >= 11 is 0. The SMILES string of the molecule is COc1cc(F)cc(NCc2nc(Cc3ccccc3)no2)c1. The molecule has 0 amide bonds. The Balaban J connectivity index is 1.62. The molecule has 23 heavy (non-hydrogen) atoms. The molecule has 0 atom stereocenters. The normalized spacial score (nSPS) is 10.5. The van der Waals surface area contributed by atoms with Crippen molar-refractivity contribution in [1.29, 1.82) is 0 Å². The molecule has 0 aliphatic rings. The molecule has 0 radical (unpaired) electrons. The van der Waals surface area contributed by atoms with Gasteiger partial charge >= 0.3 is 0 Å². The number of aromatic nitrogens is 2. The van der Waals surface area contributed by atoms with Gasteiger partial charge in [0.2, 0.25) is 5.89 Å². The summed E-state index contributed by atoms with van der Waals surface area (Å²) in [6, 6.07) is 14.3. The number of methoxy groups -OCH3 is 1. The minimum absolute atomic E-state index is 0.314. The lowest BCUT2D eigenvalue weighted by atomic mass is 10.1. The molecule has 5 nitrogen and oxygen atoms in total. The lowest BCUT2D eigenvalue weighted by Crippen LogP contribution is -2.01. The summed E-state index contributed by atoms with van der Waals surface area (Å²) in [6.07, 6.45) is 0.609. The Hall–Kier alpha value is -2.89. The lowest BCUT2D eigenvalue weighted by molar-refractivity contribution is 0.378. The van der Waals surface area contributed by atoms with Crippen molar-refractivity contribution in [3.05, 3.63) is 71.6 Å². The number of ether oxygens (including phenoxy) is 1. The maximum absolute atomic E-state index is 13.4. The van der Waals surface area contributed by atoms with E-state index in [-0.39, 0.29) is 5.82 Å². The zero-order valence-corrected chi connectivity index (χ0v) is 12.6. The smallest absolute Gasteiger partial charge is 0.245 e. The zero-order chi connectivity index (χ0) is 16.1. The first kappa shape index (κ1) is 15.0. The number of nitrogens with zero attached hydrogens (tertiary/aromatic N) is 2. The molecule has 3 rings (SSSR count). The Morgan fingerprint density at radius 3 is 2.78 bits per heavy atom. The summed E-state index contributed by atoms with van der Waals surface area (Å²) in [7, 11) is 1.49. The minimum Gasteiger partial charge on any atom is -0.497 e. The molecule has 1 heterocycles. The summed E-state index contributed by atoms with van der Waals surface area (Å²) < 4.78 is 23.6. The third-order valence-electron chi connectivity index (χ3n) is 3.27. The molecule has 0 aliphatic carbocycles. The fraction of sp³-hybridized carbons (Fsp3) is 0.176. The Morgan fingerprint density at radius 1 is 1.17 bits per heavy atom. The van der Waals surface area contributed by atoms with Crippen LogP contribution in [0, 0.1) is 5.82 Å². The second-order valence-corrected chi connectivity index (χ2v) is 5.00. The van der Waals surface area contributed by atoms with E-state index in [1.165, 1.54) is 19.2 Å². The van der Waals surface area contributed by atoms with E-state index in [9.17, 15) is 4.39 Å². The molecule has 0 saturated carbocycles. The van der Waals surface area contributed by atoms with E-state index >= 15 is 0 Å². The topological polar surface area (TPSA) is 60.2 Å². The van der Waals surface area contributed by atoms with Gasteiger partial charge in [-0.15, -0.1) is 0 Å². The highest BCUT2D eigenvalue weighted by molar-refractivity contribution is 5.48. The second-order valence-electron chi connectivity index (χ2n) is 5.00. The van der Waals surface area contributed by atoms with Crippen LogP contribution in [-0.4, -0.2) is 17.3 Å². The molecule has 6 heteroatoms. The monoisotopic (exact) mass is 313 g/mol. The predicted molar refractivity (Wildman–Crippen MR) is 83.8 cm³/mol. The first-order chi connectivity index (χ1) is 11.2. The highest BCUT2D eigenvalue weighted by Gasteiger charge is 2.08. The molecule has 1 aromatic heterocycles. The molecule has 3 aromatic rings. The predicted octanol–water partition coefficient (Wildman–Crippen LogP) is 3.42. The fourth-order valence-electron chi connectivity index (χ4n) is 2.17. The molecule has 0 fully saturated rings. The van der Waals surface area contributed by atoms with E-state index < -0.39 is 0 Å². The number of halogens is 1. The number of anilines is 1. The van der Waals surface area contributed by atoms with Gasteiger partial charge in [0.05, 0.1) is 13.7 Å². The van der Waals surface area contributed by atoms with Crippen molar-refractivity contribution in [2.75, 3.05) is 12.4 Å². The summed E-state index contributed by atoms with van der Waals surface area (Å²) in [4.78, 5) is 4.32. The number of benzene rings is 2. The Kier molecular flexibility index (Phi) is 4.52. The van der Waals surface area contributed by atoms with E-state index in [2.05, 4.69) is 15.5 Å². The molecule has 0 aliphatic heterocycles. The van der Waals surface area contributed by atoms with Crippen molar-refractivity contribution in [3.8, 4) is 5.75 Å². The van der Waals surface area contributed by atoms with Gasteiger partial charge in [0.1, 0.15) is 11.6 Å². The van der Waals surface area contributed by atoms with Gasteiger partial charge in [-0.1, -0.05) is 35.5 Å². The van der Waals surface area contributed by atoms with E-state index in [1.807, 2.05) is 30.3 Å². The van der Waals surface area contributed by atoms with E-state index in [1.54, 1.807) is 6.07 Å². The van der Waals surface area contributed by atoms with Gasteiger partial charge in [-0.2, -0.15) is 4.98 Å². The third kappa shape index (κ3) is 4.06. The fourth-order valence-corrected chi connectivity index (χ4v) is 2.17. The van der Waals surface area contributed by atoms with E-state index in [0.717, 1.165) is 5.56 Å². The quantitative estimate of drug-likeness (QED) is 0.755. The molecular weight excluding hydrogens is 297 g/mol. The molecule has 0 spiro atoms. The summed E-state index contributed by atoms with van der Waals surface area (Å²) in [5.41, 5.74) is 1.70. The number of rotatable bonds is 6. The molecule has 0 bridgehead atoms. The maximum atomic E-state index is 13.4. The number of nitrogens with one attached hydrogen (secondary N) is 1. The summed E-state index contributed by atoms with van der Waals surface area (Å²) in [6.45, 7) is 0.314. The van der Waals surface area contributed by atoms with Crippen LogP contribution >= 0.6 is 0 Å². The molecule has 0 unspecified atom stereocenters. The van der Waals surface area contributed by atoms with E-state index in [0.29, 0.717) is 36.1 Å². The van der Waals surface area contributed by atoms with Crippen LogP contribution < -0.4 is 10.1 Å². The van der Waals surface area contributed by atoms with Gasteiger partial charge in [-0.25, -0.2) is 4.39 Å². The van der Waals surface area contributed by atoms with Crippen LogP contribution in [0.25, 0.3) is 0 Å². The van der Waals surface area contributed by atoms with Gasteiger partial charge in [-0.3, -0.25) is 0 Å². The zero-order valence-electron chi connectivity index (χ0n) is 12.6. The Labute approximate surface area is 133 Å². The Morgan fingerprint density at radius 2 is 2.00 bits per heavy atom. The van der Waals surface area contributed by atoms with Crippen molar-refractivity contribution in [2.45, 2.75) is 13.0 Å². The van der Waals surface area contributed by atoms with Crippen LogP contribution in [-0.2, 0) is 13.0 Å².